The van der Waals surface area contributed by atoms with Gasteiger partial charge in [-0.05, 0) is 37.9 Å². The van der Waals surface area contributed by atoms with Crippen molar-refractivity contribution in [3.8, 4) is 5.75 Å². The molecule has 7 heteroatoms. The molecule has 2 aromatic carbocycles. The molecule has 0 unspecified atom stereocenters. The molecule has 0 spiro atoms. The number of carbonyl (C=O) groups excluding carboxylic acids is 1. The van der Waals surface area contributed by atoms with Crippen molar-refractivity contribution in [1.29, 1.82) is 0 Å². The third kappa shape index (κ3) is 4.85. The highest BCUT2D eigenvalue weighted by Crippen LogP contribution is 2.32. The number of amides is 1. The normalized spacial score (nSPS) is 19.9. The van der Waals surface area contributed by atoms with Gasteiger partial charge in [0, 0.05) is 18.7 Å². The van der Waals surface area contributed by atoms with Crippen LogP contribution < -0.4 is 4.74 Å². The third-order valence-electron chi connectivity index (χ3n) is 4.61. The molecule has 2 atom stereocenters. The van der Waals surface area contributed by atoms with Gasteiger partial charge in [0.1, 0.15) is 5.75 Å². The molecule has 1 amide bonds. The Morgan fingerprint density at radius 3 is 2.64 bits per heavy atom. The Hall–Kier alpha value is -2.51. The Kier molecular flexibility index (Phi) is 6.59. The Labute approximate surface area is 163 Å². The SMILES string of the molecule is CN(C)C[C@@H]1OCCN(C(=O)c2cccc(OC(F)F)c2)[C@H]1c1ccccc1. The Balaban J connectivity index is 1.92. The highest BCUT2D eigenvalue weighted by atomic mass is 19.3. The van der Waals surface area contributed by atoms with Crippen molar-refractivity contribution >= 4 is 5.91 Å². The van der Waals surface area contributed by atoms with Crippen LogP contribution in [-0.2, 0) is 4.74 Å². The first-order valence-corrected chi connectivity index (χ1v) is 9.13. The molecule has 2 aromatic rings. The Bertz CT molecular complexity index is 786. The fraction of sp³-hybridized carbons (Fsp3) is 0.381. The fourth-order valence-electron chi connectivity index (χ4n) is 3.49. The minimum Gasteiger partial charge on any atom is -0.435 e. The summed E-state index contributed by atoms with van der Waals surface area (Å²) in [7, 11) is 3.91. The van der Waals surface area contributed by atoms with Crippen LogP contribution in [0.15, 0.2) is 54.6 Å². The van der Waals surface area contributed by atoms with Gasteiger partial charge >= 0.3 is 6.61 Å². The van der Waals surface area contributed by atoms with E-state index in [0.717, 1.165) is 5.56 Å². The molecule has 150 valence electrons. The number of hydrogen-bond acceptors (Lipinski definition) is 4. The molecule has 0 N–H and O–H groups in total. The van der Waals surface area contributed by atoms with Crippen molar-refractivity contribution < 1.29 is 23.0 Å². The van der Waals surface area contributed by atoms with E-state index < -0.39 is 6.61 Å². The zero-order valence-corrected chi connectivity index (χ0v) is 15.9. The van der Waals surface area contributed by atoms with Crippen LogP contribution in [0.2, 0.25) is 0 Å². The lowest BCUT2D eigenvalue weighted by Crippen LogP contribution is -2.51. The van der Waals surface area contributed by atoms with Crippen LogP contribution in [0.3, 0.4) is 0 Å². The van der Waals surface area contributed by atoms with Crippen molar-refractivity contribution in [2.24, 2.45) is 0 Å². The van der Waals surface area contributed by atoms with E-state index in [9.17, 15) is 13.6 Å². The molecule has 0 aliphatic carbocycles. The molecule has 0 bridgehead atoms. The number of halogens is 2. The molecule has 1 fully saturated rings. The van der Waals surface area contributed by atoms with Crippen LogP contribution in [0.5, 0.6) is 5.75 Å². The largest absolute Gasteiger partial charge is 0.435 e. The lowest BCUT2D eigenvalue weighted by atomic mass is 9.96. The number of nitrogens with zero attached hydrogens (tertiary/aromatic N) is 2. The van der Waals surface area contributed by atoms with Gasteiger partial charge in [0.05, 0.1) is 18.8 Å². The smallest absolute Gasteiger partial charge is 0.387 e. The maximum atomic E-state index is 13.3. The predicted octanol–water partition coefficient (Wildman–Crippen LogP) is 3.43. The highest BCUT2D eigenvalue weighted by Gasteiger charge is 2.37. The molecular formula is C21H24F2N2O3. The van der Waals surface area contributed by atoms with Crippen LogP contribution in [0, 0.1) is 0 Å². The summed E-state index contributed by atoms with van der Waals surface area (Å²) in [6, 6.07) is 15.4. The lowest BCUT2D eigenvalue weighted by Gasteiger charge is -2.42. The minimum atomic E-state index is -2.93. The summed E-state index contributed by atoms with van der Waals surface area (Å²) in [5.41, 5.74) is 1.28. The predicted molar refractivity (Wildman–Crippen MR) is 102 cm³/mol. The Morgan fingerprint density at radius 2 is 1.96 bits per heavy atom. The first-order valence-electron chi connectivity index (χ1n) is 9.13. The minimum absolute atomic E-state index is 0.0322. The molecule has 1 saturated heterocycles. The average Bonchev–Trinajstić information content (AvgIpc) is 2.67. The monoisotopic (exact) mass is 390 g/mol. The number of likely N-dealkylation sites (N-methyl/N-ethyl adjacent to an activating group) is 1. The van der Waals surface area contributed by atoms with Gasteiger partial charge in [0.15, 0.2) is 0 Å². The van der Waals surface area contributed by atoms with Gasteiger partial charge in [-0.2, -0.15) is 8.78 Å². The number of ether oxygens (including phenoxy) is 2. The van der Waals surface area contributed by atoms with E-state index in [2.05, 4.69) is 4.74 Å². The molecule has 0 saturated carbocycles. The summed E-state index contributed by atoms with van der Waals surface area (Å²) < 4.78 is 35.5. The van der Waals surface area contributed by atoms with Crippen molar-refractivity contribution in [2.75, 3.05) is 33.8 Å². The van der Waals surface area contributed by atoms with E-state index in [4.69, 9.17) is 4.74 Å². The number of hydrogen-bond donors (Lipinski definition) is 0. The molecule has 1 heterocycles. The molecule has 0 radical (unpaired) electrons. The molecule has 5 nitrogen and oxygen atoms in total. The van der Waals surface area contributed by atoms with Crippen molar-refractivity contribution in [3.63, 3.8) is 0 Å². The van der Waals surface area contributed by atoms with Crippen LogP contribution in [0.25, 0.3) is 0 Å². The summed E-state index contributed by atoms with van der Waals surface area (Å²) >= 11 is 0. The standard InChI is InChI=1S/C21H24F2N2O3/c1-24(2)14-18-19(15-7-4-3-5-8-15)25(11-12-27-18)20(26)16-9-6-10-17(13-16)28-21(22)23/h3-10,13,18-19,21H,11-12,14H2,1-2H3/t18-,19-/m0/s1. The molecular weight excluding hydrogens is 366 g/mol. The first kappa shape index (κ1) is 20.2. The van der Waals surface area contributed by atoms with Gasteiger partial charge in [-0.1, -0.05) is 36.4 Å². The second-order valence-electron chi connectivity index (χ2n) is 6.93. The van der Waals surface area contributed by atoms with Gasteiger partial charge in [-0.3, -0.25) is 4.79 Å². The summed E-state index contributed by atoms with van der Waals surface area (Å²) in [6.45, 7) is -1.45. The average molecular weight is 390 g/mol. The van der Waals surface area contributed by atoms with E-state index in [1.807, 2.05) is 49.3 Å². The molecule has 1 aliphatic heterocycles. The number of rotatable bonds is 6. The topological polar surface area (TPSA) is 42.0 Å². The second kappa shape index (κ2) is 9.12. The highest BCUT2D eigenvalue weighted by molar-refractivity contribution is 5.95. The number of carbonyl (C=O) groups is 1. The summed E-state index contributed by atoms with van der Waals surface area (Å²) in [6.07, 6.45) is -0.199. The van der Waals surface area contributed by atoms with Gasteiger partial charge in [-0.25, -0.2) is 0 Å². The van der Waals surface area contributed by atoms with Gasteiger partial charge in [0.25, 0.3) is 5.91 Å². The molecule has 3 rings (SSSR count). The molecule has 28 heavy (non-hydrogen) atoms. The zero-order chi connectivity index (χ0) is 20.1. The lowest BCUT2D eigenvalue weighted by molar-refractivity contribution is -0.0685. The molecule has 0 aromatic heterocycles. The first-order chi connectivity index (χ1) is 13.5. The molecule has 1 aliphatic rings. The number of alkyl halides is 2. The summed E-state index contributed by atoms with van der Waals surface area (Å²) in [4.78, 5) is 17.0. The fourth-order valence-corrected chi connectivity index (χ4v) is 3.49. The quantitative estimate of drug-likeness (QED) is 0.758. The van der Waals surface area contributed by atoms with E-state index in [-0.39, 0.29) is 23.8 Å². The van der Waals surface area contributed by atoms with E-state index in [1.54, 1.807) is 17.0 Å². The second-order valence-corrected chi connectivity index (χ2v) is 6.93. The Morgan fingerprint density at radius 1 is 1.21 bits per heavy atom. The van der Waals surface area contributed by atoms with Gasteiger partial charge < -0.3 is 19.3 Å². The number of benzene rings is 2. The zero-order valence-electron chi connectivity index (χ0n) is 15.9. The van der Waals surface area contributed by atoms with Crippen molar-refractivity contribution in [3.05, 3.63) is 65.7 Å². The van der Waals surface area contributed by atoms with E-state index in [1.165, 1.54) is 12.1 Å². The number of morpholine rings is 1. The van der Waals surface area contributed by atoms with Crippen molar-refractivity contribution in [1.82, 2.24) is 9.80 Å². The third-order valence-corrected chi connectivity index (χ3v) is 4.61. The van der Waals surface area contributed by atoms with Crippen LogP contribution in [0.4, 0.5) is 8.78 Å². The van der Waals surface area contributed by atoms with E-state index in [0.29, 0.717) is 25.3 Å². The van der Waals surface area contributed by atoms with E-state index >= 15 is 0 Å². The maximum absolute atomic E-state index is 13.3. The van der Waals surface area contributed by atoms with Crippen molar-refractivity contribution in [2.45, 2.75) is 18.8 Å². The van der Waals surface area contributed by atoms with Crippen LogP contribution >= 0.6 is 0 Å². The van der Waals surface area contributed by atoms with Gasteiger partial charge in [0.2, 0.25) is 0 Å². The van der Waals surface area contributed by atoms with Crippen LogP contribution in [0.1, 0.15) is 22.0 Å². The summed E-state index contributed by atoms with van der Waals surface area (Å²) in [5, 5.41) is 0. The summed E-state index contributed by atoms with van der Waals surface area (Å²) in [5.74, 6) is -0.268. The van der Waals surface area contributed by atoms with Crippen LogP contribution in [-0.4, -0.2) is 62.2 Å². The maximum Gasteiger partial charge on any atom is 0.387 e. The van der Waals surface area contributed by atoms with Gasteiger partial charge in [-0.15, -0.1) is 0 Å².